The highest BCUT2D eigenvalue weighted by molar-refractivity contribution is 7.84. The number of hydrogen-bond acceptors (Lipinski definition) is 5. The molecule has 1 atom stereocenters. The van der Waals surface area contributed by atoms with E-state index in [2.05, 4.69) is 10.4 Å². The molecule has 3 rings (SSSR count). The number of likely N-dealkylation sites (N-methyl/N-ethyl adjacent to an activating group) is 1. The molecule has 1 N–H and O–H groups in total. The van der Waals surface area contributed by atoms with Crippen LogP contribution in [0.2, 0.25) is 5.02 Å². The SMILES string of the molecule is CNCCOC(=O)Cn1nc(C(F)(F)F)c(Cl)c1-c1ccc(-c2cccc(S(C)=O)c2)cc1. The van der Waals surface area contributed by atoms with Crippen LogP contribution in [0.5, 0.6) is 0 Å². The van der Waals surface area contributed by atoms with Crippen molar-refractivity contribution in [1.82, 2.24) is 15.1 Å². The molecule has 0 aliphatic carbocycles. The average Bonchev–Trinajstić information content (AvgIpc) is 3.10. The Kier molecular flexibility index (Phi) is 7.93. The van der Waals surface area contributed by atoms with Crippen LogP contribution in [0.4, 0.5) is 13.2 Å². The molecule has 1 aromatic heterocycles. The highest BCUT2D eigenvalue weighted by atomic mass is 35.5. The van der Waals surface area contributed by atoms with Gasteiger partial charge in [-0.3, -0.25) is 13.7 Å². The fraction of sp³-hybridized carbons (Fsp3) is 0.273. The van der Waals surface area contributed by atoms with Crippen LogP contribution >= 0.6 is 11.6 Å². The van der Waals surface area contributed by atoms with Crippen molar-refractivity contribution >= 4 is 28.4 Å². The molecular weight excluding hydrogens is 479 g/mol. The van der Waals surface area contributed by atoms with E-state index < -0.39 is 40.2 Å². The quantitative estimate of drug-likeness (QED) is 0.367. The normalized spacial score (nSPS) is 12.5. The van der Waals surface area contributed by atoms with Gasteiger partial charge in [0.2, 0.25) is 0 Å². The summed E-state index contributed by atoms with van der Waals surface area (Å²) >= 11 is 6.07. The molecule has 0 fully saturated rings. The van der Waals surface area contributed by atoms with Crippen molar-refractivity contribution in [3.8, 4) is 22.4 Å². The average molecular weight is 500 g/mol. The fourth-order valence-electron chi connectivity index (χ4n) is 3.12. The second-order valence-corrected chi connectivity index (χ2v) is 8.81. The van der Waals surface area contributed by atoms with Crippen LogP contribution < -0.4 is 5.32 Å². The molecule has 33 heavy (non-hydrogen) atoms. The number of alkyl halides is 3. The second kappa shape index (κ2) is 10.5. The van der Waals surface area contributed by atoms with Gasteiger partial charge in [-0.1, -0.05) is 48.0 Å². The number of esters is 1. The number of benzene rings is 2. The Morgan fingerprint density at radius 1 is 1.15 bits per heavy atom. The Bertz CT molecular complexity index is 1160. The summed E-state index contributed by atoms with van der Waals surface area (Å²) in [5, 5.41) is 5.75. The molecule has 1 unspecified atom stereocenters. The monoisotopic (exact) mass is 499 g/mol. The first-order valence-electron chi connectivity index (χ1n) is 9.80. The number of rotatable bonds is 8. The first-order valence-corrected chi connectivity index (χ1v) is 11.7. The molecule has 11 heteroatoms. The highest BCUT2D eigenvalue weighted by Gasteiger charge is 2.39. The zero-order valence-corrected chi connectivity index (χ0v) is 19.4. The Labute approximate surface area is 196 Å². The molecule has 0 spiro atoms. The third-order valence-corrected chi connectivity index (χ3v) is 5.99. The van der Waals surface area contributed by atoms with E-state index in [1.807, 2.05) is 6.07 Å². The van der Waals surface area contributed by atoms with Gasteiger partial charge in [0.1, 0.15) is 13.2 Å². The van der Waals surface area contributed by atoms with Crippen LogP contribution in [0.3, 0.4) is 0 Å². The Morgan fingerprint density at radius 2 is 1.82 bits per heavy atom. The van der Waals surface area contributed by atoms with Gasteiger partial charge in [0.25, 0.3) is 0 Å². The van der Waals surface area contributed by atoms with Gasteiger partial charge in [0.05, 0.1) is 10.7 Å². The first-order chi connectivity index (χ1) is 15.6. The highest BCUT2D eigenvalue weighted by Crippen LogP contribution is 2.40. The maximum absolute atomic E-state index is 13.4. The predicted molar refractivity (Wildman–Crippen MR) is 120 cm³/mol. The van der Waals surface area contributed by atoms with E-state index in [1.54, 1.807) is 55.8 Å². The summed E-state index contributed by atoms with van der Waals surface area (Å²) in [6, 6.07) is 13.8. The van der Waals surface area contributed by atoms with E-state index >= 15 is 0 Å². The lowest BCUT2D eigenvalue weighted by atomic mass is 10.0. The van der Waals surface area contributed by atoms with E-state index in [-0.39, 0.29) is 12.3 Å². The predicted octanol–water partition coefficient (Wildman–Crippen LogP) is 4.39. The molecule has 0 aliphatic rings. The van der Waals surface area contributed by atoms with Gasteiger partial charge in [0, 0.05) is 34.1 Å². The minimum atomic E-state index is -4.79. The molecule has 0 aliphatic heterocycles. The van der Waals surface area contributed by atoms with Gasteiger partial charge in [-0.25, -0.2) is 0 Å². The van der Waals surface area contributed by atoms with E-state index in [1.165, 1.54) is 0 Å². The molecule has 6 nitrogen and oxygen atoms in total. The Morgan fingerprint density at radius 3 is 2.42 bits per heavy atom. The van der Waals surface area contributed by atoms with E-state index in [4.69, 9.17) is 16.3 Å². The van der Waals surface area contributed by atoms with Crippen LogP contribution in [0.15, 0.2) is 53.4 Å². The molecule has 0 saturated carbocycles. The standard InChI is InChI=1S/C22H21ClF3N3O3S/c1-27-10-11-32-18(30)13-29-20(19(23)21(28-29)22(24,25)26)15-8-6-14(7-9-15)16-4-3-5-17(12-16)33(2)31/h3-9,12,27H,10-11,13H2,1-2H3. The van der Waals surface area contributed by atoms with Crippen molar-refractivity contribution in [2.24, 2.45) is 0 Å². The van der Waals surface area contributed by atoms with E-state index in [0.717, 1.165) is 15.8 Å². The third-order valence-electron chi connectivity index (χ3n) is 4.71. The molecule has 0 radical (unpaired) electrons. The number of aromatic nitrogens is 2. The minimum Gasteiger partial charge on any atom is -0.463 e. The zero-order chi connectivity index (χ0) is 24.2. The van der Waals surface area contributed by atoms with Gasteiger partial charge in [0.15, 0.2) is 5.69 Å². The van der Waals surface area contributed by atoms with Gasteiger partial charge in [-0.05, 0) is 30.3 Å². The molecule has 0 saturated heterocycles. The minimum absolute atomic E-state index is 0.0375. The largest absolute Gasteiger partial charge is 0.463 e. The van der Waals surface area contributed by atoms with Crippen molar-refractivity contribution in [3.63, 3.8) is 0 Å². The fourth-order valence-corrected chi connectivity index (χ4v) is 4.04. The molecule has 176 valence electrons. The number of hydrogen-bond donors (Lipinski definition) is 1. The lowest BCUT2D eigenvalue weighted by Crippen LogP contribution is -2.21. The number of halogens is 4. The number of nitrogens with zero attached hydrogens (tertiary/aromatic N) is 2. The zero-order valence-electron chi connectivity index (χ0n) is 17.8. The van der Waals surface area contributed by atoms with Crippen molar-refractivity contribution in [3.05, 3.63) is 59.2 Å². The lowest BCUT2D eigenvalue weighted by Gasteiger charge is -2.10. The van der Waals surface area contributed by atoms with Crippen LogP contribution in [0.1, 0.15) is 5.69 Å². The summed E-state index contributed by atoms with van der Waals surface area (Å²) < 4.78 is 57.9. The summed E-state index contributed by atoms with van der Waals surface area (Å²) in [6.45, 7) is -0.0520. The molecule has 1 heterocycles. The molecular formula is C22H21ClF3N3O3S. The maximum Gasteiger partial charge on any atom is 0.436 e. The van der Waals surface area contributed by atoms with Gasteiger partial charge < -0.3 is 10.1 Å². The van der Waals surface area contributed by atoms with Gasteiger partial charge in [-0.15, -0.1) is 0 Å². The summed E-state index contributed by atoms with van der Waals surface area (Å²) in [6.07, 6.45) is -3.21. The van der Waals surface area contributed by atoms with E-state index in [0.29, 0.717) is 17.0 Å². The van der Waals surface area contributed by atoms with Crippen LogP contribution in [0, 0.1) is 0 Å². The number of ether oxygens (including phenoxy) is 1. The van der Waals surface area contributed by atoms with Gasteiger partial charge in [-0.2, -0.15) is 18.3 Å². The Balaban J connectivity index is 1.97. The van der Waals surface area contributed by atoms with Crippen LogP contribution in [-0.2, 0) is 33.1 Å². The molecule has 2 aromatic carbocycles. The number of carbonyl (C=O) groups is 1. The van der Waals surface area contributed by atoms with Crippen LogP contribution in [-0.4, -0.2) is 46.4 Å². The van der Waals surface area contributed by atoms with Crippen molar-refractivity contribution in [2.45, 2.75) is 17.6 Å². The molecule has 3 aromatic rings. The number of nitrogens with one attached hydrogen (secondary N) is 1. The Hall–Kier alpha value is -2.69. The molecule has 0 bridgehead atoms. The third kappa shape index (κ3) is 6.01. The second-order valence-electron chi connectivity index (χ2n) is 7.05. The number of carbonyl (C=O) groups excluding carboxylic acids is 1. The van der Waals surface area contributed by atoms with Crippen LogP contribution in [0.25, 0.3) is 22.4 Å². The van der Waals surface area contributed by atoms with Crippen molar-refractivity contribution in [2.75, 3.05) is 26.5 Å². The summed E-state index contributed by atoms with van der Waals surface area (Å²) in [5.74, 6) is -0.736. The summed E-state index contributed by atoms with van der Waals surface area (Å²) in [4.78, 5) is 12.8. The van der Waals surface area contributed by atoms with Crippen molar-refractivity contribution < 1.29 is 26.9 Å². The summed E-state index contributed by atoms with van der Waals surface area (Å²) in [7, 11) is 0.525. The summed E-state index contributed by atoms with van der Waals surface area (Å²) in [5.41, 5.74) is 0.618. The first kappa shape index (κ1) is 24.9. The topological polar surface area (TPSA) is 73.2 Å². The lowest BCUT2D eigenvalue weighted by molar-refractivity contribution is -0.146. The van der Waals surface area contributed by atoms with Gasteiger partial charge >= 0.3 is 12.1 Å². The smallest absolute Gasteiger partial charge is 0.436 e. The molecule has 0 amide bonds. The van der Waals surface area contributed by atoms with Crippen molar-refractivity contribution in [1.29, 1.82) is 0 Å². The maximum atomic E-state index is 13.4. The van der Waals surface area contributed by atoms with E-state index in [9.17, 15) is 22.2 Å².